The van der Waals surface area contributed by atoms with E-state index < -0.39 is 12.0 Å². The van der Waals surface area contributed by atoms with E-state index in [1.165, 1.54) is 153 Å². The highest BCUT2D eigenvalue weighted by Crippen LogP contribution is 2.31. The summed E-state index contributed by atoms with van der Waals surface area (Å²) in [6.45, 7) is 26.1. The molecule has 3 aromatic carbocycles. The van der Waals surface area contributed by atoms with Crippen LogP contribution < -0.4 is 0 Å². The summed E-state index contributed by atoms with van der Waals surface area (Å²) in [6.07, 6.45) is 25.2. The topological polar surface area (TPSA) is 75.7 Å². The highest BCUT2D eigenvalue weighted by atomic mass is 19.4. The van der Waals surface area contributed by atoms with Crippen LogP contribution in [-0.2, 0) is 19.6 Å². The summed E-state index contributed by atoms with van der Waals surface area (Å²) in [5.41, 5.74) is 4.63. The molecule has 0 amide bonds. The number of aromatic nitrogens is 3. The van der Waals surface area contributed by atoms with Crippen molar-refractivity contribution in [2.24, 2.45) is 23.7 Å². The van der Waals surface area contributed by atoms with E-state index in [2.05, 4.69) is 107 Å². The van der Waals surface area contributed by atoms with Gasteiger partial charge in [-0.05, 0) is 159 Å². The van der Waals surface area contributed by atoms with Gasteiger partial charge in [0.15, 0.2) is 11.6 Å². The lowest BCUT2D eigenvalue weighted by molar-refractivity contribution is -0.0884. The Morgan fingerprint density at radius 3 is 1.09 bits per heavy atom. The summed E-state index contributed by atoms with van der Waals surface area (Å²) in [5.74, 6) is 1.92. The number of likely N-dealkylation sites (tertiary alicyclic amines) is 3. The number of nitrogens with zero attached hydrogens (tertiary/aromatic N) is 6. The largest absolute Gasteiger partial charge is 0.454 e. The Morgan fingerprint density at radius 1 is 0.451 bits per heavy atom. The van der Waals surface area contributed by atoms with Crippen LogP contribution >= 0.6 is 0 Å². The summed E-state index contributed by atoms with van der Waals surface area (Å²) in [4.78, 5) is 44.4. The smallest absolute Gasteiger partial charge is 0.347 e. The lowest BCUT2D eigenvalue weighted by Gasteiger charge is -2.32. The molecule has 3 aliphatic heterocycles. The number of hydrogen-bond donors (Lipinski definition) is 0. The molecular formula is C70H101F3N6O3. The van der Waals surface area contributed by atoms with Crippen LogP contribution in [0, 0.1) is 23.7 Å². The van der Waals surface area contributed by atoms with Gasteiger partial charge in [0, 0.05) is 94.9 Å². The number of aryl methyl sites for hydroxylation is 3. The van der Waals surface area contributed by atoms with Gasteiger partial charge in [0.1, 0.15) is 0 Å². The average Bonchev–Trinajstić information content (AvgIpc) is 4.32. The SMILES string of the molecule is CCCCC1CCN(CCCn2cc(C(=O)C(F)(F)F)c3ccccc32)CC1.CCCCC1CCN(CCCn2cc(C(=O)CC(C)C)c3ccccc32)CC1.CCCCC1CCN(CCCn2cc(C(=O)CC)c3ccccc32)CC1. The van der Waals surface area contributed by atoms with Crippen LogP contribution in [0.1, 0.15) is 201 Å². The van der Waals surface area contributed by atoms with E-state index in [-0.39, 0.29) is 17.1 Å². The third-order valence-electron chi connectivity index (χ3n) is 18.0. The van der Waals surface area contributed by atoms with Crippen molar-refractivity contribution in [2.45, 2.75) is 196 Å². The maximum atomic E-state index is 12.9. The second kappa shape index (κ2) is 32.9. The van der Waals surface area contributed by atoms with Crippen molar-refractivity contribution in [1.29, 1.82) is 0 Å². The number of hydrogen-bond acceptors (Lipinski definition) is 6. The number of piperidine rings is 3. The first-order valence-electron chi connectivity index (χ1n) is 32.3. The highest BCUT2D eigenvalue weighted by molar-refractivity contribution is 6.11. The number of benzene rings is 3. The summed E-state index contributed by atoms with van der Waals surface area (Å²) in [5, 5.41) is 2.60. The number of Topliss-reactive ketones (excluding diaryl/α,β-unsaturated/α-hetero) is 3. The van der Waals surface area contributed by atoms with Crippen molar-refractivity contribution in [1.82, 2.24) is 28.4 Å². The van der Waals surface area contributed by atoms with Crippen molar-refractivity contribution in [2.75, 3.05) is 58.9 Å². The predicted molar refractivity (Wildman–Crippen MR) is 335 cm³/mol. The van der Waals surface area contributed by atoms with Crippen molar-refractivity contribution >= 4 is 50.1 Å². The van der Waals surface area contributed by atoms with Crippen LogP contribution in [0.5, 0.6) is 0 Å². The van der Waals surface area contributed by atoms with Crippen LogP contribution in [-0.4, -0.2) is 111 Å². The maximum absolute atomic E-state index is 12.9. The Bertz CT molecular complexity index is 2870. The van der Waals surface area contributed by atoms with Gasteiger partial charge in [-0.3, -0.25) is 14.4 Å². The van der Waals surface area contributed by atoms with Crippen molar-refractivity contribution < 1.29 is 27.6 Å². The number of alkyl halides is 3. The van der Waals surface area contributed by atoms with Crippen LogP contribution in [0.25, 0.3) is 32.7 Å². The Kier molecular flexibility index (Phi) is 25.9. The molecule has 0 unspecified atom stereocenters. The number of halogens is 3. The molecule has 3 saturated heterocycles. The van der Waals surface area contributed by atoms with Crippen molar-refractivity contribution in [3.63, 3.8) is 0 Å². The van der Waals surface area contributed by atoms with Gasteiger partial charge >= 0.3 is 6.18 Å². The molecule has 0 bridgehead atoms. The molecule has 0 radical (unpaired) electrons. The van der Waals surface area contributed by atoms with E-state index in [0.29, 0.717) is 36.2 Å². The first-order chi connectivity index (χ1) is 39.7. The van der Waals surface area contributed by atoms with E-state index >= 15 is 0 Å². The zero-order chi connectivity index (χ0) is 58.4. The minimum absolute atomic E-state index is 0.245. The third-order valence-corrected chi connectivity index (χ3v) is 18.0. The minimum Gasteiger partial charge on any atom is -0.347 e. The second-order valence-electron chi connectivity index (χ2n) is 24.7. The molecule has 3 aliphatic rings. The monoisotopic (exact) mass is 1130 g/mol. The van der Waals surface area contributed by atoms with Gasteiger partial charge in [-0.15, -0.1) is 0 Å². The number of ketones is 3. The second-order valence-corrected chi connectivity index (χ2v) is 24.7. The molecule has 0 atom stereocenters. The fraction of sp³-hybridized carbons (Fsp3) is 0.614. The molecule has 6 heterocycles. The van der Waals surface area contributed by atoms with Gasteiger partial charge in [-0.2, -0.15) is 13.2 Å². The first-order valence-corrected chi connectivity index (χ1v) is 32.3. The van der Waals surface area contributed by atoms with E-state index in [1.807, 2.05) is 19.1 Å². The molecule has 3 fully saturated rings. The zero-order valence-corrected chi connectivity index (χ0v) is 51.1. The van der Waals surface area contributed by atoms with E-state index in [0.717, 1.165) is 91.6 Å². The lowest BCUT2D eigenvalue weighted by atomic mass is 9.91. The Labute approximate surface area is 490 Å². The number of para-hydroxylation sites is 3. The number of rotatable bonds is 27. The van der Waals surface area contributed by atoms with Crippen molar-refractivity contribution in [3.8, 4) is 0 Å². The summed E-state index contributed by atoms with van der Waals surface area (Å²) >= 11 is 0. The maximum Gasteiger partial charge on any atom is 0.454 e. The van der Waals surface area contributed by atoms with E-state index in [9.17, 15) is 27.6 Å². The molecule has 0 aliphatic carbocycles. The molecule has 0 spiro atoms. The number of fused-ring (bicyclic) bond motifs is 3. The summed E-state index contributed by atoms with van der Waals surface area (Å²) < 4.78 is 45.1. The van der Waals surface area contributed by atoms with E-state index in [1.54, 1.807) is 28.8 Å². The predicted octanol–water partition coefficient (Wildman–Crippen LogP) is 17.4. The first kappa shape index (κ1) is 64.5. The molecule has 12 heteroatoms. The number of carbonyl (C=O) groups is 3. The Balaban J connectivity index is 0.000000177. The normalized spacial score (nSPS) is 16.5. The van der Waals surface area contributed by atoms with Crippen molar-refractivity contribution in [3.05, 3.63) is 108 Å². The fourth-order valence-electron chi connectivity index (χ4n) is 13.1. The highest BCUT2D eigenvalue weighted by Gasteiger charge is 2.41. The Hall–Kier alpha value is -5.04. The lowest BCUT2D eigenvalue weighted by Crippen LogP contribution is -2.34. The molecule has 450 valence electrons. The third kappa shape index (κ3) is 18.7. The van der Waals surface area contributed by atoms with Crippen LogP contribution in [0.3, 0.4) is 0 Å². The molecule has 9 nitrogen and oxygen atoms in total. The van der Waals surface area contributed by atoms with Gasteiger partial charge in [0.25, 0.3) is 5.78 Å². The zero-order valence-electron chi connectivity index (χ0n) is 51.1. The number of carbonyl (C=O) groups excluding carboxylic acids is 3. The fourth-order valence-corrected chi connectivity index (χ4v) is 13.1. The van der Waals surface area contributed by atoms with E-state index in [4.69, 9.17) is 0 Å². The quantitative estimate of drug-likeness (QED) is 0.0479. The van der Waals surface area contributed by atoms with Gasteiger partial charge in [0.2, 0.25) is 0 Å². The van der Waals surface area contributed by atoms with Gasteiger partial charge in [-0.25, -0.2) is 0 Å². The molecule has 3 aromatic heterocycles. The van der Waals surface area contributed by atoms with Crippen LogP contribution in [0.15, 0.2) is 91.4 Å². The molecule has 82 heavy (non-hydrogen) atoms. The molecule has 0 saturated carbocycles. The minimum atomic E-state index is -4.85. The number of unbranched alkanes of at least 4 members (excludes halogenated alkanes) is 3. The van der Waals surface area contributed by atoms with Gasteiger partial charge in [0.05, 0.1) is 5.56 Å². The summed E-state index contributed by atoms with van der Waals surface area (Å²) in [6, 6.07) is 23.5. The van der Waals surface area contributed by atoms with Crippen LogP contribution in [0.4, 0.5) is 13.2 Å². The van der Waals surface area contributed by atoms with Gasteiger partial charge < -0.3 is 28.4 Å². The van der Waals surface area contributed by atoms with Gasteiger partial charge in [-0.1, -0.05) is 154 Å². The van der Waals surface area contributed by atoms with Crippen LogP contribution in [0.2, 0.25) is 0 Å². The summed E-state index contributed by atoms with van der Waals surface area (Å²) in [7, 11) is 0. The average molecular weight is 1130 g/mol. The molecule has 6 aromatic rings. The Morgan fingerprint density at radius 2 is 0.768 bits per heavy atom. The molecule has 9 rings (SSSR count). The standard InChI is InChI=1S/C25H38N2O.C23H34N2O.C22H29F3N2O/c1-4-5-9-21-12-16-26(17-13-21)14-8-15-27-19-23(25(28)18-20(2)3)22-10-6-7-11-24(22)27;1-3-5-9-19-12-16-24(17-13-19)14-8-15-25-18-21(23(26)4-2)20-10-6-7-11-22(20)25;1-2-3-7-17-10-14-26(15-11-17)12-6-13-27-16-19(21(28)22(23,24)25)18-8-4-5-9-20(18)27/h6-7,10-11,19-21H,4-5,8-9,12-18H2,1-3H3;6-7,10-11,18-19H,3-5,8-9,12-17H2,1-2H3;4-5,8-9,16-17H,2-3,6-7,10-15H2,1H3. The molecular weight excluding hydrogens is 1030 g/mol. The molecule has 0 N–H and O–H groups in total.